The van der Waals surface area contributed by atoms with Crippen molar-refractivity contribution in [2.24, 2.45) is 0 Å². The molecule has 1 fully saturated rings. The summed E-state index contributed by atoms with van der Waals surface area (Å²) in [5.41, 5.74) is 1.06. The van der Waals surface area contributed by atoms with Crippen molar-refractivity contribution in [2.45, 2.75) is 0 Å². The molecule has 0 atom stereocenters. The van der Waals surface area contributed by atoms with E-state index < -0.39 is 0 Å². The number of piperazine rings is 1. The lowest BCUT2D eigenvalue weighted by Gasteiger charge is -2.35. The summed E-state index contributed by atoms with van der Waals surface area (Å²) < 4.78 is 0.803. The van der Waals surface area contributed by atoms with E-state index in [-0.39, 0.29) is 11.8 Å². The number of hydrogen-bond donors (Lipinski definition) is 0. The number of halogens is 3. The van der Waals surface area contributed by atoms with Gasteiger partial charge in [0.2, 0.25) is 0 Å². The Labute approximate surface area is 164 Å². The van der Waals surface area contributed by atoms with Crippen LogP contribution >= 0.6 is 39.1 Å². The fourth-order valence-electron chi connectivity index (χ4n) is 2.72. The summed E-state index contributed by atoms with van der Waals surface area (Å²) in [4.78, 5) is 28.6. The first-order valence-corrected chi connectivity index (χ1v) is 9.30. The summed E-state index contributed by atoms with van der Waals surface area (Å²) in [6.45, 7) is 1.92. The van der Waals surface area contributed by atoms with Gasteiger partial charge in [0.25, 0.3) is 11.8 Å². The van der Waals surface area contributed by atoms with Crippen LogP contribution in [0.15, 0.2) is 46.9 Å². The molecule has 1 aliphatic rings. The van der Waals surface area contributed by atoms with Crippen molar-refractivity contribution in [1.82, 2.24) is 9.80 Å². The topological polar surface area (TPSA) is 40.6 Å². The van der Waals surface area contributed by atoms with Gasteiger partial charge in [0.05, 0.1) is 10.6 Å². The summed E-state index contributed by atoms with van der Waals surface area (Å²) in [5, 5.41) is 1.02. The fraction of sp³-hybridized carbons (Fsp3) is 0.222. The van der Waals surface area contributed by atoms with Crippen LogP contribution in [0.3, 0.4) is 0 Å². The molecular formula is C18H15BrCl2N2O2. The molecule has 0 unspecified atom stereocenters. The third kappa shape index (κ3) is 4.17. The molecule has 2 amide bonds. The van der Waals surface area contributed by atoms with Crippen molar-refractivity contribution in [3.63, 3.8) is 0 Å². The minimum absolute atomic E-state index is 0.0516. The highest BCUT2D eigenvalue weighted by molar-refractivity contribution is 9.10. The average Bonchev–Trinajstić information content (AvgIpc) is 2.63. The first-order chi connectivity index (χ1) is 12.0. The zero-order chi connectivity index (χ0) is 18.0. The van der Waals surface area contributed by atoms with Gasteiger partial charge in [-0.1, -0.05) is 39.1 Å². The molecule has 0 radical (unpaired) electrons. The molecule has 25 heavy (non-hydrogen) atoms. The van der Waals surface area contributed by atoms with Crippen LogP contribution in [0.5, 0.6) is 0 Å². The summed E-state index contributed by atoms with van der Waals surface area (Å²) in [6, 6.07) is 12.0. The van der Waals surface area contributed by atoms with E-state index in [2.05, 4.69) is 15.9 Å². The van der Waals surface area contributed by atoms with Crippen LogP contribution in [0.1, 0.15) is 20.7 Å². The number of rotatable bonds is 2. The maximum absolute atomic E-state index is 12.7. The molecule has 0 N–H and O–H groups in total. The predicted molar refractivity (Wildman–Crippen MR) is 102 cm³/mol. The van der Waals surface area contributed by atoms with Crippen molar-refractivity contribution in [3.8, 4) is 0 Å². The van der Waals surface area contributed by atoms with Gasteiger partial charge in [-0.2, -0.15) is 0 Å². The Kier molecular flexibility index (Phi) is 5.67. The Hall–Kier alpha value is -1.56. The lowest BCUT2D eigenvalue weighted by Crippen LogP contribution is -2.50. The third-order valence-corrected chi connectivity index (χ3v) is 5.18. The Morgan fingerprint density at radius 2 is 1.40 bits per heavy atom. The predicted octanol–water partition coefficient (Wildman–Crippen LogP) is 4.35. The van der Waals surface area contributed by atoms with Gasteiger partial charge in [-0.3, -0.25) is 9.59 Å². The number of carbonyl (C=O) groups excluding carboxylic acids is 2. The maximum Gasteiger partial charge on any atom is 0.255 e. The number of amides is 2. The van der Waals surface area contributed by atoms with E-state index in [4.69, 9.17) is 23.2 Å². The number of hydrogen-bond acceptors (Lipinski definition) is 2. The SMILES string of the molecule is O=C(c1ccc(Cl)cc1)N1CCN(C(=O)c2cc(Br)ccc2Cl)CC1. The molecule has 0 bridgehead atoms. The third-order valence-electron chi connectivity index (χ3n) is 4.10. The highest BCUT2D eigenvalue weighted by atomic mass is 79.9. The molecule has 0 aromatic heterocycles. The molecule has 0 aliphatic carbocycles. The summed E-state index contributed by atoms with van der Waals surface area (Å²) in [5.74, 6) is -0.172. The average molecular weight is 442 g/mol. The fourth-order valence-corrected chi connectivity index (χ4v) is 3.40. The van der Waals surface area contributed by atoms with Crippen LogP contribution in [-0.4, -0.2) is 47.8 Å². The molecule has 2 aromatic carbocycles. The van der Waals surface area contributed by atoms with Gasteiger partial charge < -0.3 is 9.80 Å². The standard InChI is InChI=1S/C18H15BrCl2N2O2/c19-13-3-6-16(21)15(11-13)18(25)23-9-7-22(8-10-23)17(24)12-1-4-14(20)5-2-12/h1-6,11H,7-10H2. The second-order valence-corrected chi connectivity index (χ2v) is 7.47. The van der Waals surface area contributed by atoms with Crippen LogP contribution in [-0.2, 0) is 0 Å². The van der Waals surface area contributed by atoms with Crippen LogP contribution < -0.4 is 0 Å². The van der Waals surface area contributed by atoms with Crippen LogP contribution in [0, 0.1) is 0 Å². The van der Waals surface area contributed by atoms with Crippen molar-refractivity contribution < 1.29 is 9.59 Å². The molecule has 1 saturated heterocycles. The van der Waals surface area contributed by atoms with Crippen molar-refractivity contribution in [1.29, 1.82) is 0 Å². The minimum Gasteiger partial charge on any atom is -0.335 e. The van der Waals surface area contributed by atoms with E-state index in [9.17, 15) is 9.59 Å². The molecule has 130 valence electrons. The zero-order valence-corrected chi connectivity index (χ0v) is 16.3. The Morgan fingerprint density at radius 3 is 2.00 bits per heavy atom. The van der Waals surface area contributed by atoms with Gasteiger partial charge in [0.15, 0.2) is 0 Å². The van der Waals surface area contributed by atoms with Crippen LogP contribution in [0.25, 0.3) is 0 Å². The van der Waals surface area contributed by atoms with E-state index in [1.165, 1.54) is 0 Å². The lowest BCUT2D eigenvalue weighted by molar-refractivity contribution is 0.0535. The molecule has 1 heterocycles. The Bertz CT molecular complexity index is 803. The highest BCUT2D eigenvalue weighted by Gasteiger charge is 2.26. The van der Waals surface area contributed by atoms with Crippen molar-refractivity contribution in [2.75, 3.05) is 26.2 Å². The summed E-state index contributed by atoms with van der Waals surface area (Å²) in [7, 11) is 0. The summed E-state index contributed by atoms with van der Waals surface area (Å²) in [6.07, 6.45) is 0. The van der Waals surface area contributed by atoms with Crippen LogP contribution in [0.2, 0.25) is 10.0 Å². The smallest absolute Gasteiger partial charge is 0.255 e. The minimum atomic E-state index is -0.120. The van der Waals surface area contributed by atoms with Gasteiger partial charge in [0.1, 0.15) is 0 Å². The van der Waals surface area contributed by atoms with Gasteiger partial charge >= 0.3 is 0 Å². The largest absolute Gasteiger partial charge is 0.335 e. The monoisotopic (exact) mass is 440 g/mol. The second kappa shape index (κ2) is 7.77. The molecule has 3 rings (SSSR count). The van der Waals surface area contributed by atoms with E-state index in [0.717, 1.165) is 4.47 Å². The van der Waals surface area contributed by atoms with Crippen LogP contribution in [0.4, 0.5) is 0 Å². The van der Waals surface area contributed by atoms with E-state index in [1.54, 1.807) is 52.3 Å². The van der Waals surface area contributed by atoms with E-state index in [1.807, 2.05) is 0 Å². The number of carbonyl (C=O) groups is 2. The van der Waals surface area contributed by atoms with Gasteiger partial charge in [-0.25, -0.2) is 0 Å². The second-order valence-electron chi connectivity index (χ2n) is 5.72. The Balaban J connectivity index is 1.65. The van der Waals surface area contributed by atoms with Gasteiger partial charge in [0, 0.05) is 41.2 Å². The molecule has 0 spiro atoms. The van der Waals surface area contributed by atoms with E-state index >= 15 is 0 Å². The number of nitrogens with zero attached hydrogens (tertiary/aromatic N) is 2. The molecule has 2 aromatic rings. The van der Waals surface area contributed by atoms with Gasteiger partial charge in [-0.15, -0.1) is 0 Å². The highest BCUT2D eigenvalue weighted by Crippen LogP contribution is 2.23. The molecule has 4 nitrogen and oxygen atoms in total. The normalized spacial score (nSPS) is 14.5. The van der Waals surface area contributed by atoms with E-state index in [0.29, 0.717) is 47.4 Å². The molecule has 7 heteroatoms. The zero-order valence-electron chi connectivity index (χ0n) is 13.2. The molecule has 1 aliphatic heterocycles. The first kappa shape index (κ1) is 18.2. The molecule has 0 saturated carbocycles. The van der Waals surface area contributed by atoms with Crippen molar-refractivity contribution >= 4 is 50.9 Å². The van der Waals surface area contributed by atoms with Crippen molar-refractivity contribution in [3.05, 3.63) is 68.1 Å². The lowest BCUT2D eigenvalue weighted by atomic mass is 10.1. The first-order valence-electron chi connectivity index (χ1n) is 7.75. The Morgan fingerprint density at radius 1 is 0.840 bits per heavy atom. The molecular weight excluding hydrogens is 427 g/mol. The quantitative estimate of drug-likeness (QED) is 0.694. The number of benzene rings is 2. The van der Waals surface area contributed by atoms with Gasteiger partial charge in [-0.05, 0) is 42.5 Å². The summed E-state index contributed by atoms with van der Waals surface area (Å²) >= 11 is 15.4. The maximum atomic E-state index is 12.7.